The van der Waals surface area contributed by atoms with E-state index >= 15 is 0 Å². The molecule has 26 heavy (non-hydrogen) atoms. The van der Waals surface area contributed by atoms with E-state index in [1.54, 1.807) is 0 Å². The Morgan fingerprint density at radius 3 is 2.73 bits per heavy atom. The molecule has 0 bridgehead atoms. The summed E-state index contributed by atoms with van der Waals surface area (Å²) in [5.41, 5.74) is 3.47. The van der Waals surface area contributed by atoms with Crippen LogP contribution in [0.15, 0.2) is 35.5 Å². The number of nitrogens with zero attached hydrogens (tertiary/aromatic N) is 3. The number of imide groups is 1. The lowest BCUT2D eigenvalue weighted by molar-refractivity contribution is -0.126. The molecule has 0 radical (unpaired) electrons. The predicted molar refractivity (Wildman–Crippen MR) is 101 cm³/mol. The predicted octanol–water partition coefficient (Wildman–Crippen LogP) is 2.78. The molecule has 2 heterocycles. The second kappa shape index (κ2) is 7.15. The van der Waals surface area contributed by atoms with Gasteiger partial charge in [0.1, 0.15) is 0 Å². The summed E-state index contributed by atoms with van der Waals surface area (Å²) in [6, 6.07) is 9.87. The van der Waals surface area contributed by atoms with Crippen LogP contribution < -0.4 is 5.32 Å². The maximum atomic E-state index is 12.7. The first kappa shape index (κ1) is 17.1. The van der Waals surface area contributed by atoms with Crippen LogP contribution in [0.2, 0.25) is 0 Å². The van der Waals surface area contributed by atoms with Crippen LogP contribution in [0.3, 0.4) is 0 Å². The highest BCUT2D eigenvalue weighted by Gasteiger charge is 2.32. The number of rotatable bonds is 4. The van der Waals surface area contributed by atoms with Crippen LogP contribution >= 0.6 is 11.8 Å². The van der Waals surface area contributed by atoms with Crippen LogP contribution in [0.25, 0.3) is 5.69 Å². The van der Waals surface area contributed by atoms with Crippen LogP contribution in [0.4, 0.5) is 4.79 Å². The van der Waals surface area contributed by atoms with Crippen LogP contribution in [0, 0.1) is 0 Å². The molecule has 1 aliphatic heterocycles. The minimum absolute atomic E-state index is 0.161. The molecular weight excluding hydrogens is 348 g/mol. The van der Waals surface area contributed by atoms with Gasteiger partial charge < -0.3 is 5.32 Å². The minimum atomic E-state index is -0.370. The number of fused-ring (bicyclic) bond motifs is 1. The van der Waals surface area contributed by atoms with E-state index in [9.17, 15) is 9.59 Å². The Kier molecular flexibility index (Phi) is 4.72. The molecule has 2 aromatic rings. The zero-order valence-corrected chi connectivity index (χ0v) is 15.6. The van der Waals surface area contributed by atoms with Crippen LogP contribution in [0.5, 0.6) is 0 Å². The number of thioether (sulfide) groups is 1. The minimum Gasteiger partial charge on any atom is -0.336 e. The number of urea groups is 1. The van der Waals surface area contributed by atoms with Gasteiger partial charge in [0.05, 0.1) is 10.9 Å². The Labute approximate surface area is 157 Å². The summed E-state index contributed by atoms with van der Waals surface area (Å²) in [5.74, 6) is -0.161. The van der Waals surface area contributed by atoms with Crippen molar-refractivity contribution < 1.29 is 9.59 Å². The molecule has 0 unspecified atom stereocenters. The van der Waals surface area contributed by atoms with Crippen molar-refractivity contribution in [3.05, 3.63) is 41.7 Å². The van der Waals surface area contributed by atoms with Crippen molar-refractivity contribution in [3.8, 4) is 5.69 Å². The summed E-state index contributed by atoms with van der Waals surface area (Å²) in [6.45, 7) is 2.81. The number of imidazole rings is 1. The number of para-hydroxylation sites is 1. The smallest absolute Gasteiger partial charge is 0.324 e. The number of amides is 3. The summed E-state index contributed by atoms with van der Waals surface area (Å²) >= 11 is 1.44. The lowest BCUT2D eigenvalue weighted by Crippen LogP contribution is -2.39. The Bertz CT molecular complexity index is 834. The van der Waals surface area contributed by atoms with Crippen molar-refractivity contribution in [2.75, 3.05) is 13.1 Å². The zero-order chi connectivity index (χ0) is 18.1. The van der Waals surface area contributed by atoms with E-state index in [1.165, 1.54) is 22.4 Å². The molecule has 1 aliphatic carbocycles. The van der Waals surface area contributed by atoms with E-state index in [0.29, 0.717) is 13.1 Å². The topological polar surface area (TPSA) is 67.2 Å². The lowest BCUT2D eigenvalue weighted by atomic mass is 10.0. The summed E-state index contributed by atoms with van der Waals surface area (Å²) in [5, 5.41) is 3.15. The molecule has 1 fully saturated rings. The van der Waals surface area contributed by atoms with Gasteiger partial charge in [-0.15, -0.1) is 0 Å². The summed E-state index contributed by atoms with van der Waals surface area (Å²) < 4.78 is 2.19. The average molecular weight is 370 g/mol. The largest absolute Gasteiger partial charge is 0.336 e. The van der Waals surface area contributed by atoms with Gasteiger partial charge in [0, 0.05) is 24.5 Å². The molecule has 0 saturated carbocycles. The van der Waals surface area contributed by atoms with E-state index < -0.39 is 0 Å². The van der Waals surface area contributed by atoms with E-state index in [4.69, 9.17) is 4.98 Å². The molecule has 4 rings (SSSR count). The second-order valence-corrected chi connectivity index (χ2v) is 7.96. The van der Waals surface area contributed by atoms with Gasteiger partial charge in [-0.05, 0) is 44.7 Å². The molecule has 6 nitrogen and oxygen atoms in total. The van der Waals surface area contributed by atoms with E-state index in [0.717, 1.165) is 42.2 Å². The molecule has 0 spiro atoms. The Morgan fingerprint density at radius 1 is 1.23 bits per heavy atom. The van der Waals surface area contributed by atoms with Crippen LogP contribution in [-0.4, -0.2) is 44.7 Å². The number of hydrogen-bond donors (Lipinski definition) is 1. The molecule has 136 valence electrons. The second-order valence-electron chi connectivity index (χ2n) is 6.65. The van der Waals surface area contributed by atoms with Gasteiger partial charge in [0.15, 0.2) is 5.16 Å². The third kappa shape index (κ3) is 3.11. The van der Waals surface area contributed by atoms with Crippen molar-refractivity contribution in [1.82, 2.24) is 19.8 Å². The van der Waals surface area contributed by atoms with E-state index in [2.05, 4.69) is 22.0 Å². The van der Waals surface area contributed by atoms with Crippen molar-refractivity contribution in [2.45, 2.75) is 43.0 Å². The highest BCUT2D eigenvalue weighted by molar-refractivity contribution is 8.00. The number of hydrogen-bond acceptors (Lipinski definition) is 4. The molecule has 1 aromatic carbocycles. The maximum Gasteiger partial charge on any atom is 0.324 e. The molecule has 1 N–H and O–H groups in total. The molecule has 3 amide bonds. The van der Waals surface area contributed by atoms with Gasteiger partial charge >= 0.3 is 6.03 Å². The number of carbonyl (C=O) groups excluding carboxylic acids is 2. The average Bonchev–Trinajstić information content (AvgIpc) is 3.24. The fourth-order valence-electron chi connectivity index (χ4n) is 3.55. The standard InChI is InChI=1S/C19H22N4O2S/c1-13(17(24)22-12-11-20-18(22)25)26-19-21-15-9-5-6-10-16(15)23(19)14-7-3-2-4-8-14/h2-4,7-8,13H,5-6,9-12H2,1H3,(H,20,25)/t13-/m1/s1. The summed E-state index contributed by atoms with van der Waals surface area (Å²) in [4.78, 5) is 30.6. The first-order chi connectivity index (χ1) is 12.6. The monoisotopic (exact) mass is 370 g/mol. The summed E-state index contributed by atoms with van der Waals surface area (Å²) in [6.07, 6.45) is 4.32. The highest BCUT2D eigenvalue weighted by atomic mass is 32.2. The molecule has 1 saturated heterocycles. The van der Waals surface area contributed by atoms with Crippen molar-refractivity contribution >= 4 is 23.7 Å². The number of benzene rings is 1. The fourth-order valence-corrected chi connectivity index (χ4v) is 4.58. The van der Waals surface area contributed by atoms with Crippen molar-refractivity contribution in [3.63, 3.8) is 0 Å². The van der Waals surface area contributed by atoms with Crippen molar-refractivity contribution in [1.29, 1.82) is 0 Å². The Morgan fingerprint density at radius 2 is 2.00 bits per heavy atom. The highest BCUT2D eigenvalue weighted by Crippen LogP contribution is 2.33. The first-order valence-corrected chi connectivity index (χ1v) is 9.95. The van der Waals surface area contributed by atoms with Gasteiger partial charge in [-0.1, -0.05) is 30.0 Å². The zero-order valence-electron chi connectivity index (χ0n) is 14.8. The maximum absolute atomic E-state index is 12.7. The molecular formula is C19H22N4O2S. The SMILES string of the molecule is C[C@@H](Sc1nc2c(n1-c1ccccc1)CCCC2)C(=O)N1CCNC1=O. The fraction of sp³-hybridized carbons (Fsp3) is 0.421. The quantitative estimate of drug-likeness (QED) is 0.841. The van der Waals surface area contributed by atoms with Gasteiger partial charge in [-0.25, -0.2) is 9.78 Å². The van der Waals surface area contributed by atoms with Gasteiger partial charge in [0.25, 0.3) is 0 Å². The van der Waals surface area contributed by atoms with E-state index in [1.807, 2.05) is 25.1 Å². The van der Waals surface area contributed by atoms with E-state index in [-0.39, 0.29) is 17.2 Å². The summed E-state index contributed by atoms with van der Waals surface area (Å²) in [7, 11) is 0. The molecule has 1 aromatic heterocycles. The third-order valence-corrected chi connectivity index (χ3v) is 5.91. The lowest BCUT2D eigenvalue weighted by Gasteiger charge is -2.18. The normalized spacial score (nSPS) is 17.7. The third-order valence-electron chi connectivity index (χ3n) is 4.87. The van der Waals surface area contributed by atoms with Crippen molar-refractivity contribution in [2.24, 2.45) is 0 Å². The van der Waals surface area contributed by atoms with Crippen LogP contribution in [-0.2, 0) is 17.6 Å². The molecule has 7 heteroatoms. The molecule has 1 atom stereocenters. The van der Waals surface area contributed by atoms with Gasteiger partial charge in [-0.3, -0.25) is 14.3 Å². The number of carbonyl (C=O) groups is 2. The van der Waals surface area contributed by atoms with Crippen LogP contribution in [0.1, 0.15) is 31.2 Å². The number of aromatic nitrogens is 2. The number of nitrogens with one attached hydrogen (secondary N) is 1. The van der Waals surface area contributed by atoms with Gasteiger partial charge in [0.2, 0.25) is 5.91 Å². The Hall–Kier alpha value is -2.28. The van der Waals surface area contributed by atoms with Gasteiger partial charge in [-0.2, -0.15) is 0 Å². The number of aryl methyl sites for hydroxylation is 1. The first-order valence-electron chi connectivity index (χ1n) is 9.07. The Balaban J connectivity index is 1.65. The molecule has 2 aliphatic rings.